The van der Waals surface area contributed by atoms with Crippen molar-refractivity contribution in [2.24, 2.45) is 11.7 Å². The molecule has 1 heterocycles. The molecule has 6 nitrogen and oxygen atoms in total. The zero-order valence-corrected chi connectivity index (χ0v) is 12.3. The molecule has 7 heteroatoms. The van der Waals surface area contributed by atoms with Crippen LogP contribution in [0.1, 0.15) is 23.3 Å². The molecule has 0 bridgehead atoms. The van der Waals surface area contributed by atoms with E-state index in [2.05, 4.69) is 15.5 Å². The van der Waals surface area contributed by atoms with Crippen molar-refractivity contribution < 1.29 is 4.79 Å². The average Bonchev–Trinajstić information content (AvgIpc) is 3.22. The van der Waals surface area contributed by atoms with Crippen LogP contribution in [0.5, 0.6) is 0 Å². The minimum absolute atomic E-state index is 0. The maximum atomic E-state index is 12.0. The van der Waals surface area contributed by atoms with E-state index in [0.29, 0.717) is 18.2 Å². The van der Waals surface area contributed by atoms with Gasteiger partial charge < -0.3 is 11.1 Å². The van der Waals surface area contributed by atoms with Crippen LogP contribution in [-0.4, -0.2) is 33.5 Å². The predicted molar refractivity (Wildman–Crippen MR) is 81.6 cm³/mol. The molecule has 1 atom stereocenters. The molecule has 3 rings (SSSR count). The van der Waals surface area contributed by atoms with E-state index < -0.39 is 0 Å². The lowest BCUT2D eigenvalue weighted by molar-refractivity contribution is 0.0945. The smallest absolute Gasteiger partial charge is 0.273 e. The van der Waals surface area contributed by atoms with Gasteiger partial charge in [-0.3, -0.25) is 4.79 Å². The molecule has 1 aliphatic rings. The van der Waals surface area contributed by atoms with E-state index in [9.17, 15) is 4.79 Å². The van der Waals surface area contributed by atoms with Gasteiger partial charge in [-0.15, -0.1) is 17.5 Å². The van der Waals surface area contributed by atoms with E-state index >= 15 is 0 Å². The van der Waals surface area contributed by atoms with Gasteiger partial charge in [-0.1, -0.05) is 18.2 Å². The second-order valence-electron chi connectivity index (χ2n) is 5.07. The van der Waals surface area contributed by atoms with Crippen LogP contribution >= 0.6 is 12.4 Å². The van der Waals surface area contributed by atoms with Crippen molar-refractivity contribution in [2.45, 2.75) is 18.9 Å². The Hall–Kier alpha value is -1.92. The summed E-state index contributed by atoms with van der Waals surface area (Å²) in [5, 5.41) is 11.1. The third-order valence-electron chi connectivity index (χ3n) is 3.44. The molecule has 0 radical (unpaired) electrons. The van der Waals surface area contributed by atoms with Crippen molar-refractivity contribution in [2.75, 3.05) is 6.54 Å². The number of benzene rings is 1. The van der Waals surface area contributed by atoms with Crippen LogP contribution in [0.25, 0.3) is 5.69 Å². The van der Waals surface area contributed by atoms with Crippen LogP contribution in [0, 0.1) is 5.92 Å². The first-order valence-corrected chi connectivity index (χ1v) is 6.75. The molecular formula is C14H18ClN5O. The van der Waals surface area contributed by atoms with Gasteiger partial charge in [0.1, 0.15) is 0 Å². The summed E-state index contributed by atoms with van der Waals surface area (Å²) in [6, 6.07) is 9.51. The third kappa shape index (κ3) is 3.80. The maximum absolute atomic E-state index is 12.0. The Morgan fingerprint density at radius 1 is 1.38 bits per heavy atom. The van der Waals surface area contributed by atoms with E-state index in [0.717, 1.165) is 5.69 Å². The SMILES string of the molecule is Cl.NC(CNC(=O)c1cnn(-c2ccccc2)n1)C1CC1. The predicted octanol–water partition coefficient (Wildman–Crippen LogP) is 1.16. The number of amides is 1. The highest BCUT2D eigenvalue weighted by molar-refractivity contribution is 5.91. The van der Waals surface area contributed by atoms with E-state index in [1.165, 1.54) is 23.8 Å². The normalized spacial score (nSPS) is 15.1. The average molecular weight is 308 g/mol. The molecule has 2 aromatic rings. The van der Waals surface area contributed by atoms with Crippen molar-refractivity contribution >= 4 is 18.3 Å². The minimum atomic E-state index is -0.233. The number of rotatable bonds is 5. The van der Waals surface area contributed by atoms with Gasteiger partial charge in [-0.25, -0.2) is 0 Å². The minimum Gasteiger partial charge on any atom is -0.349 e. The molecular weight excluding hydrogens is 290 g/mol. The summed E-state index contributed by atoms with van der Waals surface area (Å²) in [5.74, 6) is 0.332. The molecule has 3 N–H and O–H groups in total. The highest BCUT2D eigenvalue weighted by Gasteiger charge is 2.28. The van der Waals surface area contributed by atoms with Gasteiger partial charge >= 0.3 is 0 Å². The van der Waals surface area contributed by atoms with Crippen LogP contribution in [0.3, 0.4) is 0 Å². The van der Waals surface area contributed by atoms with Crippen molar-refractivity contribution in [3.8, 4) is 5.69 Å². The molecule has 1 aromatic heterocycles. The lowest BCUT2D eigenvalue weighted by atomic mass is 10.2. The molecule has 112 valence electrons. The number of halogens is 1. The van der Waals surface area contributed by atoms with Crippen LogP contribution in [-0.2, 0) is 0 Å². The zero-order valence-electron chi connectivity index (χ0n) is 11.5. The zero-order chi connectivity index (χ0) is 13.9. The van der Waals surface area contributed by atoms with Crippen molar-refractivity contribution in [1.82, 2.24) is 20.3 Å². The van der Waals surface area contributed by atoms with Gasteiger partial charge in [0.2, 0.25) is 0 Å². The van der Waals surface area contributed by atoms with E-state index in [-0.39, 0.29) is 24.4 Å². The van der Waals surface area contributed by atoms with E-state index in [1.54, 1.807) is 0 Å². The number of para-hydroxylation sites is 1. The second-order valence-corrected chi connectivity index (χ2v) is 5.07. The number of aromatic nitrogens is 3. The van der Waals surface area contributed by atoms with Crippen molar-refractivity contribution in [1.29, 1.82) is 0 Å². The Morgan fingerprint density at radius 3 is 2.76 bits per heavy atom. The van der Waals surface area contributed by atoms with Crippen molar-refractivity contribution in [3.05, 3.63) is 42.2 Å². The first-order valence-electron chi connectivity index (χ1n) is 6.75. The number of hydrogen-bond donors (Lipinski definition) is 2. The number of nitrogens with two attached hydrogens (primary N) is 1. The Kier molecular flexibility index (Phi) is 4.93. The number of nitrogens with zero attached hydrogens (tertiary/aromatic N) is 3. The number of carbonyl (C=O) groups excluding carboxylic acids is 1. The molecule has 1 aliphatic carbocycles. The number of nitrogens with one attached hydrogen (secondary N) is 1. The summed E-state index contributed by atoms with van der Waals surface area (Å²) in [6.45, 7) is 0.488. The van der Waals surface area contributed by atoms with E-state index in [4.69, 9.17) is 5.73 Å². The highest BCUT2D eigenvalue weighted by Crippen LogP contribution is 2.31. The van der Waals surface area contributed by atoms with Gasteiger partial charge in [-0.2, -0.15) is 9.90 Å². The fraction of sp³-hybridized carbons (Fsp3) is 0.357. The summed E-state index contributed by atoms with van der Waals surface area (Å²) >= 11 is 0. The first-order chi connectivity index (χ1) is 9.74. The molecule has 21 heavy (non-hydrogen) atoms. The Balaban J connectivity index is 0.00000161. The molecule has 1 aromatic carbocycles. The summed E-state index contributed by atoms with van der Waals surface area (Å²) in [6.07, 6.45) is 3.80. The maximum Gasteiger partial charge on any atom is 0.273 e. The molecule has 1 fully saturated rings. The topological polar surface area (TPSA) is 85.8 Å². The third-order valence-corrected chi connectivity index (χ3v) is 3.44. The van der Waals surface area contributed by atoms with Crippen LogP contribution in [0.4, 0.5) is 0 Å². The Morgan fingerprint density at radius 2 is 2.10 bits per heavy atom. The monoisotopic (exact) mass is 307 g/mol. The quantitative estimate of drug-likeness (QED) is 0.868. The highest BCUT2D eigenvalue weighted by atomic mass is 35.5. The van der Waals surface area contributed by atoms with Crippen LogP contribution in [0.15, 0.2) is 36.5 Å². The summed E-state index contributed by atoms with van der Waals surface area (Å²) in [5.41, 5.74) is 7.07. The molecule has 0 aliphatic heterocycles. The summed E-state index contributed by atoms with van der Waals surface area (Å²) in [7, 11) is 0. The molecule has 0 spiro atoms. The van der Waals surface area contributed by atoms with Gasteiger partial charge in [-0.05, 0) is 30.9 Å². The number of hydrogen-bond acceptors (Lipinski definition) is 4. The standard InChI is InChI=1S/C14H17N5O.ClH/c15-12(10-6-7-10)8-16-14(20)13-9-17-19(18-13)11-4-2-1-3-5-11;/h1-5,9-10,12H,6-8,15H2,(H,16,20);1H. The largest absolute Gasteiger partial charge is 0.349 e. The van der Waals surface area contributed by atoms with Crippen LogP contribution in [0.2, 0.25) is 0 Å². The Labute approximate surface area is 129 Å². The Bertz CT molecular complexity index is 596. The lowest BCUT2D eigenvalue weighted by Crippen LogP contribution is -2.38. The van der Waals surface area contributed by atoms with Gasteiger partial charge in [0, 0.05) is 12.6 Å². The van der Waals surface area contributed by atoms with Crippen LogP contribution < -0.4 is 11.1 Å². The first kappa shape index (κ1) is 15.5. The van der Waals surface area contributed by atoms with Gasteiger partial charge in [0.15, 0.2) is 5.69 Å². The fourth-order valence-electron chi connectivity index (χ4n) is 2.04. The molecule has 1 saturated carbocycles. The molecule has 1 amide bonds. The fourth-order valence-corrected chi connectivity index (χ4v) is 2.04. The molecule has 1 unspecified atom stereocenters. The van der Waals surface area contributed by atoms with Gasteiger partial charge in [0.25, 0.3) is 5.91 Å². The van der Waals surface area contributed by atoms with E-state index in [1.807, 2.05) is 30.3 Å². The van der Waals surface area contributed by atoms with Crippen molar-refractivity contribution in [3.63, 3.8) is 0 Å². The number of carbonyl (C=O) groups is 1. The summed E-state index contributed by atoms with van der Waals surface area (Å²) in [4.78, 5) is 13.4. The lowest BCUT2D eigenvalue weighted by Gasteiger charge is -2.10. The molecule has 0 saturated heterocycles. The second kappa shape index (κ2) is 6.69. The summed E-state index contributed by atoms with van der Waals surface area (Å²) < 4.78 is 0. The van der Waals surface area contributed by atoms with Gasteiger partial charge in [0.05, 0.1) is 11.9 Å².